The molecule has 0 saturated heterocycles. The van der Waals surface area contributed by atoms with E-state index in [1.165, 1.54) is 10.9 Å². The van der Waals surface area contributed by atoms with Gasteiger partial charge in [0.2, 0.25) is 0 Å². The smallest absolute Gasteiger partial charge is 0.273 e. The first kappa shape index (κ1) is 9.18. The third-order valence-electron chi connectivity index (χ3n) is 1.66. The normalized spacial score (nSPS) is 11.9. The molecule has 0 amide bonds. The second-order valence-electron chi connectivity index (χ2n) is 2.56. The molecule has 0 bridgehead atoms. The first-order valence-electron chi connectivity index (χ1n) is 3.30. The van der Waals surface area contributed by atoms with Crippen molar-refractivity contribution in [1.29, 1.82) is 0 Å². The molecule has 0 fully saturated rings. The van der Waals surface area contributed by atoms with Gasteiger partial charge in [-0.3, -0.25) is 4.68 Å². The SMILES string of the molecule is Cc1c(CS(=O)(=O)F)cnn1C. The molecule has 1 heterocycles. The van der Waals surface area contributed by atoms with Gasteiger partial charge in [-0.1, -0.05) is 0 Å². The van der Waals surface area contributed by atoms with Crippen molar-refractivity contribution in [2.45, 2.75) is 12.7 Å². The molecular formula is C6H9FN2O2S. The molecule has 0 spiro atoms. The zero-order valence-electron chi connectivity index (χ0n) is 6.78. The van der Waals surface area contributed by atoms with Crippen LogP contribution in [0.5, 0.6) is 0 Å². The Morgan fingerprint density at radius 3 is 2.58 bits per heavy atom. The van der Waals surface area contributed by atoms with Gasteiger partial charge in [0.15, 0.2) is 0 Å². The Bertz CT molecular complexity index is 382. The van der Waals surface area contributed by atoms with E-state index in [0.717, 1.165) is 0 Å². The number of aryl methyl sites for hydroxylation is 1. The Hall–Kier alpha value is -0.910. The first-order chi connectivity index (χ1) is 5.40. The van der Waals surface area contributed by atoms with Gasteiger partial charge in [0.1, 0.15) is 5.75 Å². The second-order valence-corrected chi connectivity index (χ2v) is 3.93. The van der Waals surface area contributed by atoms with Crippen LogP contribution in [0.15, 0.2) is 6.20 Å². The summed E-state index contributed by atoms with van der Waals surface area (Å²) in [5.74, 6) is -0.591. The highest BCUT2D eigenvalue weighted by Gasteiger charge is 2.13. The van der Waals surface area contributed by atoms with Crippen LogP contribution in [0.2, 0.25) is 0 Å². The Balaban J connectivity index is 2.99. The predicted octanol–water partition coefficient (Wildman–Crippen LogP) is 0.528. The maximum Gasteiger partial charge on any atom is 0.306 e. The molecule has 0 saturated carbocycles. The quantitative estimate of drug-likeness (QED) is 0.642. The van der Waals surface area contributed by atoms with Gasteiger partial charge in [0, 0.05) is 18.3 Å². The summed E-state index contributed by atoms with van der Waals surface area (Å²) in [7, 11) is -2.77. The van der Waals surface area contributed by atoms with Crippen LogP contribution in [0.3, 0.4) is 0 Å². The highest BCUT2D eigenvalue weighted by atomic mass is 32.3. The largest absolute Gasteiger partial charge is 0.306 e. The summed E-state index contributed by atoms with van der Waals surface area (Å²) in [5, 5.41) is 3.79. The highest BCUT2D eigenvalue weighted by Crippen LogP contribution is 2.10. The summed E-state index contributed by atoms with van der Waals surface area (Å²) in [5.41, 5.74) is 1.07. The summed E-state index contributed by atoms with van der Waals surface area (Å²) < 4.78 is 34.2. The maximum atomic E-state index is 12.2. The van der Waals surface area contributed by atoms with Crippen molar-refractivity contribution in [3.63, 3.8) is 0 Å². The first-order valence-corrected chi connectivity index (χ1v) is 4.85. The number of hydrogen-bond acceptors (Lipinski definition) is 3. The number of rotatable bonds is 2. The minimum atomic E-state index is -4.44. The molecule has 68 valence electrons. The topological polar surface area (TPSA) is 52.0 Å². The maximum absolute atomic E-state index is 12.2. The van der Waals surface area contributed by atoms with Crippen molar-refractivity contribution in [3.05, 3.63) is 17.5 Å². The summed E-state index contributed by atoms with van der Waals surface area (Å²) in [4.78, 5) is 0. The van der Waals surface area contributed by atoms with E-state index in [4.69, 9.17) is 0 Å². The predicted molar refractivity (Wildman–Crippen MR) is 41.7 cm³/mol. The van der Waals surface area contributed by atoms with E-state index in [-0.39, 0.29) is 0 Å². The lowest BCUT2D eigenvalue weighted by Crippen LogP contribution is -1.99. The van der Waals surface area contributed by atoms with Crippen molar-refractivity contribution in [3.8, 4) is 0 Å². The van der Waals surface area contributed by atoms with Crippen molar-refractivity contribution >= 4 is 10.2 Å². The third kappa shape index (κ3) is 2.04. The average molecular weight is 192 g/mol. The molecule has 12 heavy (non-hydrogen) atoms. The van der Waals surface area contributed by atoms with Crippen LogP contribution in [-0.4, -0.2) is 18.2 Å². The van der Waals surface area contributed by atoms with Crippen LogP contribution in [-0.2, 0) is 23.0 Å². The van der Waals surface area contributed by atoms with Crippen LogP contribution >= 0.6 is 0 Å². The summed E-state index contributed by atoms with van der Waals surface area (Å²) in [6.07, 6.45) is 1.35. The molecule has 0 aliphatic heterocycles. The third-order valence-corrected chi connectivity index (χ3v) is 2.32. The van der Waals surface area contributed by atoms with Crippen LogP contribution in [0.1, 0.15) is 11.3 Å². The van der Waals surface area contributed by atoms with Crippen LogP contribution in [0.25, 0.3) is 0 Å². The minimum Gasteiger partial charge on any atom is -0.273 e. The molecule has 1 aromatic heterocycles. The number of nitrogens with zero attached hydrogens (tertiary/aromatic N) is 2. The van der Waals surface area contributed by atoms with Crippen molar-refractivity contribution in [2.75, 3.05) is 0 Å². The number of hydrogen-bond donors (Lipinski definition) is 0. The van der Waals surface area contributed by atoms with Gasteiger partial charge in [-0.05, 0) is 6.92 Å². The fourth-order valence-corrected chi connectivity index (χ4v) is 1.53. The van der Waals surface area contributed by atoms with E-state index in [2.05, 4.69) is 5.10 Å². The number of aromatic nitrogens is 2. The highest BCUT2D eigenvalue weighted by molar-refractivity contribution is 7.85. The molecule has 0 aromatic carbocycles. The zero-order chi connectivity index (χ0) is 9.35. The average Bonchev–Trinajstić information content (AvgIpc) is 2.16. The number of halogens is 1. The van der Waals surface area contributed by atoms with E-state index in [1.54, 1.807) is 14.0 Å². The van der Waals surface area contributed by atoms with Crippen molar-refractivity contribution in [1.82, 2.24) is 9.78 Å². The Morgan fingerprint density at radius 1 is 1.67 bits per heavy atom. The van der Waals surface area contributed by atoms with Gasteiger partial charge in [0.25, 0.3) is 0 Å². The molecule has 0 unspecified atom stereocenters. The van der Waals surface area contributed by atoms with Gasteiger partial charge < -0.3 is 0 Å². The van der Waals surface area contributed by atoms with Gasteiger partial charge in [-0.25, -0.2) is 0 Å². The van der Waals surface area contributed by atoms with E-state index in [1.807, 2.05) is 0 Å². The molecule has 0 aliphatic carbocycles. The minimum absolute atomic E-state index is 0.403. The van der Waals surface area contributed by atoms with Gasteiger partial charge in [0.05, 0.1) is 6.20 Å². The lowest BCUT2D eigenvalue weighted by molar-refractivity contribution is 0.551. The monoisotopic (exact) mass is 192 g/mol. The van der Waals surface area contributed by atoms with E-state index in [9.17, 15) is 12.3 Å². The van der Waals surface area contributed by atoms with Gasteiger partial charge in [-0.15, -0.1) is 3.89 Å². The molecule has 1 rings (SSSR count). The zero-order valence-corrected chi connectivity index (χ0v) is 7.60. The van der Waals surface area contributed by atoms with E-state index in [0.29, 0.717) is 11.3 Å². The Kier molecular flexibility index (Phi) is 2.18. The molecule has 0 atom stereocenters. The molecular weight excluding hydrogens is 183 g/mol. The van der Waals surface area contributed by atoms with E-state index >= 15 is 0 Å². The summed E-state index contributed by atoms with van der Waals surface area (Å²) in [6.45, 7) is 1.69. The van der Waals surface area contributed by atoms with Crippen molar-refractivity contribution < 1.29 is 12.3 Å². The molecule has 1 aromatic rings. The second kappa shape index (κ2) is 2.85. The van der Waals surface area contributed by atoms with E-state index < -0.39 is 16.0 Å². The van der Waals surface area contributed by atoms with Crippen LogP contribution in [0.4, 0.5) is 3.89 Å². The fraction of sp³-hybridized carbons (Fsp3) is 0.500. The van der Waals surface area contributed by atoms with Gasteiger partial charge >= 0.3 is 10.2 Å². The molecule has 0 aliphatic rings. The van der Waals surface area contributed by atoms with Crippen LogP contribution < -0.4 is 0 Å². The molecule has 0 N–H and O–H groups in total. The lowest BCUT2D eigenvalue weighted by Gasteiger charge is -1.95. The Morgan fingerprint density at radius 2 is 2.25 bits per heavy atom. The summed E-state index contributed by atoms with van der Waals surface area (Å²) >= 11 is 0. The standard InChI is InChI=1S/C6H9FN2O2S/c1-5-6(3-8-9(5)2)4-12(7,10)11/h3H,4H2,1-2H3. The van der Waals surface area contributed by atoms with Crippen molar-refractivity contribution in [2.24, 2.45) is 7.05 Å². The molecule has 6 heteroatoms. The Labute approximate surface area is 70.2 Å². The van der Waals surface area contributed by atoms with Gasteiger partial charge in [-0.2, -0.15) is 13.5 Å². The molecule has 0 radical (unpaired) electrons. The molecule has 4 nitrogen and oxygen atoms in total. The summed E-state index contributed by atoms with van der Waals surface area (Å²) in [6, 6.07) is 0. The van der Waals surface area contributed by atoms with Crippen LogP contribution in [0, 0.1) is 6.92 Å². The fourth-order valence-electron chi connectivity index (χ4n) is 0.872. The lowest BCUT2D eigenvalue weighted by atomic mass is 10.3.